The molecule has 1 aromatic heterocycles. The summed E-state index contributed by atoms with van der Waals surface area (Å²) in [5, 5.41) is 8.93. The zero-order valence-electron chi connectivity index (χ0n) is 10.1. The van der Waals surface area contributed by atoms with Crippen molar-refractivity contribution in [3.63, 3.8) is 0 Å². The number of nitrogens with one attached hydrogen (secondary N) is 3. The van der Waals surface area contributed by atoms with Crippen LogP contribution in [0.1, 0.15) is 25.0 Å². The molecule has 0 spiro atoms. The number of H-pyrrole nitrogens is 1. The highest BCUT2D eigenvalue weighted by Crippen LogP contribution is 2.14. The van der Waals surface area contributed by atoms with Crippen LogP contribution >= 0.6 is 0 Å². The maximum atomic E-state index is 12.1. The Labute approximate surface area is 105 Å². The predicted molar refractivity (Wildman–Crippen MR) is 64.3 cm³/mol. The first-order valence-electron chi connectivity index (χ1n) is 5.81. The lowest BCUT2D eigenvalue weighted by molar-refractivity contribution is -0.122. The summed E-state index contributed by atoms with van der Waals surface area (Å²) >= 11 is 0. The van der Waals surface area contributed by atoms with Crippen LogP contribution in [0.3, 0.4) is 0 Å². The molecule has 2 heterocycles. The highest BCUT2D eigenvalue weighted by Gasteiger charge is 2.28. The van der Waals surface area contributed by atoms with Crippen molar-refractivity contribution >= 4 is 15.9 Å². The summed E-state index contributed by atoms with van der Waals surface area (Å²) < 4.78 is 26.6. The van der Waals surface area contributed by atoms with Crippen LogP contribution in [0.5, 0.6) is 0 Å². The molecular weight excluding hydrogens is 256 g/mol. The zero-order valence-corrected chi connectivity index (χ0v) is 10.9. The van der Waals surface area contributed by atoms with Crippen molar-refractivity contribution in [2.45, 2.75) is 37.1 Å². The minimum absolute atomic E-state index is 0.0829. The van der Waals surface area contributed by atoms with Crippen LogP contribution in [-0.2, 0) is 14.8 Å². The smallest absolute Gasteiger partial charge is 0.244 e. The van der Waals surface area contributed by atoms with E-state index >= 15 is 0 Å². The second kappa shape index (κ2) is 5.07. The summed E-state index contributed by atoms with van der Waals surface area (Å²) in [5.74, 6) is -0.266. The number of amides is 1. The first-order valence-corrected chi connectivity index (χ1v) is 7.29. The topological polar surface area (TPSA) is 104 Å². The number of aromatic amines is 1. The minimum Gasteiger partial charge on any atom is -0.355 e. The van der Waals surface area contributed by atoms with Crippen LogP contribution in [-0.4, -0.2) is 37.1 Å². The third-order valence-corrected chi connectivity index (χ3v) is 4.49. The Bertz CT molecular complexity index is 537. The van der Waals surface area contributed by atoms with Gasteiger partial charge in [-0.3, -0.25) is 9.89 Å². The van der Waals surface area contributed by atoms with Gasteiger partial charge in [0.05, 0.1) is 11.9 Å². The molecule has 18 heavy (non-hydrogen) atoms. The number of hydrogen-bond acceptors (Lipinski definition) is 4. The number of aryl methyl sites for hydroxylation is 1. The van der Waals surface area contributed by atoms with Gasteiger partial charge in [-0.15, -0.1) is 0 Å². The Kier molecular flexibility index (Phi) is 3.67. The maximum absolute atomic E-state index is 12.1. The molecule has 1 aliphatic heterocycles. The molecule has 1 atom stereocenters. The summed E-state index contributed by atoms with van der Waals surface area (Å²) in [6.45, 7) is 2.22. The van der Waals surface area contributed by atoms with Crippen molar-refractivity contribution in [3.8, 4) is 0 Å². The molecule has 1 saturated heterocycles. The largest absolute Gasteiger partial charge is 0.355 e. The van der Waals surface area contributed by atoms with E-state index in [1.165, 1.54) is 6.20 Å². The SMILES string of the molecule is Cc1[nH]ncc1S(=O)(=O)NC1CCCCNC1=O. The molecule has 3 N–H and O–H groups in total. The predicted octanol–water partition coefficient (Wildman–Crippen LogP) is -0.335. The van der Waals surface area contributed by atoms with Crippen LogP contribution in [0.15, 0.2) is 11.1 Å². The number of hydrogen-bond donors (Lipinski definition) is 3. The Morgan fingerprint density at radius 3 is 2.89 bits per heavy atom. The van der Waals surface area contributed by atoms with Crippen LogP contribution in [0.25, 0.3) is 0 Å². The van der Waals surface area contributed by atoms with Gasteiger partial charge in [-0.05, 0) is 26.2 Å². The van der Waals surface area contributed by atoms with Crippen molar-refractivity contribution in [2.75, 3.05) is 6.54 Å². The second-order valence-electron chi connectivity index (χ2n) is 4.32. The lowest BCUT2D eigenvalue weighted by atomic mass is 10.1. The van der Waals surface area contributed by atoms with E-state index in [-0.39, 0.29) is 10.8 Å². The number of sulfonamides is 1. The summed E-state index contributed by atoms with van der Waals surface area (Å²) in [6, 6.07) is -0.702. The molecule has 8 heteroatoms. The number of carbonyl (C=O) groups excluding carboxylic acids is 1. The van der Waals surface area contributed by atoms with E-state index < -0.39 is 16.1 Å². The summed E-state index contributed by atoms with van der Waals surface area (Å²) in [7, 11) is -3.70. The molecule has 0 aromatic carbocycles. The molecule has 100 valence electrons. The van der Waals surface area contributed by atoms with Gasteiger partial charge in [-0.1, -0.05) is 0 Å². The average Bonchev–Trinajstić information content (AvgIpc) is 2.64. The van der Waals surface area contributed by atoms with E-state index in [4.69, 9.17) is 0 Å². The second-order valence-corrected chi connectivity index (χ2v) is 6.00. The van der Waals surface area contributed by atoms with Crippen molar-refractivity contribution in [1.29, 1.82) is 0 Å². The van der Waals surface area contributed by atoms with E-state index in [0.717, 1.165) is 12.8 Å². The number of carbonyl (C=O) groups is 1. The monoisotopic (exact) mass is 272 g/mol. The van der Waals surface area contributed by atoms with Gasteiger partial charge in [0, 0.05) is 6.54 Å². The van der Waals surface area contributed by atoms with E-state index in [2.05, 4.69) is 20.2 Å². The van der Waals surface area contributed by atoms with E-state index in [1.54, 1.807) is 6.92 Å². The molecule has 0 bridgehead atoms. The van der Waals surface area contributed by atoms with Crippen LogP contribution in [0, 0.1) is 6.92 Å². The van der Waals surface area contributed by atoms with Crippen molar-refractivity contribution < 1.29 is 13.2 Å². The Balaban J connectivity index is 2.17. The van der Waals surface area contributed by atoms with Crippen LogP contribution in [0.2, 0.25) is 0 Å². The van der Waals surface area contributed by atoms with Gasteiger partial charge >= 0.3 is 0 Å². The maximum Gasteiger partial charge on any atom is 0.244 e. The van der Waals surface area contributed by atoms with E-state index in [0.29, 0.717) is 18.7 Å². The van der Waals surface area contributed by atoms with E-state index in [1.807, 2.05) is 0 Å². The molecule has 1 fully saturated rings. The normalized spacial score (nSPS) is 21.4. The highest BCUT2D eigenvalue weighted by atomic mass is 32.2. The molecule has 1 unspecified atom stereocenters. The van der Waals surface area contributed by atoms with Gasteiger partial charge in [0.25, 0.3) is 0 Å². The molecular formula is C10H16N4O3S. The zero-order chi connectivity index (χ0) is 13.2. The third-order valence-electron chi connectivity index (χ3n) is 2.91. The van der Waals surface area contributed by atoms with Crippen molar-refractivity contribution in [3.05, 3.63) is 11.9 Å². The molecule has 2 rings (SSSR count). The summed E-state index contributed by atoms with van der Waals surface area (Å²) in [6.07, 6.45) is 3.44. The van der Waals surface area contributed by atoms with Gasteiger partial charge in [0.15, 0.2) is 0 Å². The number of aromatic nitrogens is 2. The standard InChI is InChI=1S/C10H16N4O3S/c1-7-9(6-12-13-7)18(16,17)14-8-4-2-3-5-11-10(8)15/h6,8,14H,2-5H2,1H3,(H,11,15)(H,12,13). The molecule has 1 aliphatic rings. The summed E-state index contributed by atoms with van der Waals surface area (Å²) in [5.41, 5.74) is 0.455. The van der Waals surface area contributed by atoms with Gasteiger partial charge in [-0.25, -0.2) is 8.42 Å². The molecule has 7 nitrogen and oxygen atoms in total. The Hall–Kier alpha value is -1.41. The van der Waals surface area contributed by atoms with Crippen LogP contribution < -0.4 is 10.0 Å². The molecule has 0 aliphatic carbocycles. The fourth-order valence-corrected chi connectivity index (χ4v) is 3.28. The van der Waals surface area contributed by atoms with Gasteiger partial charge in [0.2, 0.25) is 15.9 Å². The van der Waals surface area contributed by atoms with Gasteiger partial charge in [-0.2, -0.15) is 9.82 Å². The summed E-state index contributed by atoms with van der Waals surface area (Å²) in [4.78, 5) is 11.8. The third kappa shape index (κ3) is 2.70. The first-order chi connectivity index (χ1) is 8.50. The Morgan fingerprint density at radius 1 is 1.44 bits per heavy atom. The first kappa shape index (κ1) is 13.0. The fraction of sp³-hybridized carbons (Fsp3) is 0.600. The van der Waals surface area contributed by atoms with Crippen molar-refractivity contribution in [2.24, 2.45) is 0 Å². The van der Waals surface area contributed by atoms with E-state index in [9.17, 15) is 13.2 Å². The van der Waals surface area contributed by atoms with Gasteiger partial charge in [0.1, 0.15) is 10.9 Å². The average molecular weight is 272 g/mol. The fourth-order valence-electron chi connectivity index (χ4n) is 1.91. The molecule has 1 aromatic rings. The highest BCUT2D eigenvalue weighted by molar-refractivity contribution is 7.89. The lowest BCUT2D eigenvalue weighted by Crippen LogP contribution is -2.45. The molecule has 0 saturated carbocycles. The number of rotatable bonds is 3. The minimum atomic E-state index is -3.70. The van der Waals surface area contributed by atoms with Gasteiger partial charge < -0.3 is 5.32 Å². The lowest BCUT2D eigenvalue weighted by Gasteiger charge is -2.14. The molecule has 0 radical (unpaired) electrons. The number of nitrogens with zero attached hydrogens (tertiary/aromatic N) is 1. The molecule has 1 amide bonds. The van der Waals surface area contributed by atoms with Crippen molar-refractivity contribution in [1.82, 2.24) is 20.2 Å². The quantitative estimate of drug-likeness (QED) is 0.700. The Morgan fingerprint density at radius 2 is 2.22 bits per heavy atom. The van der Waals surface area contributed by atoms with Crippen LogP contribution in [0.4, 0.5) is 0 Å².